The molecule has 1 aromatic carbocycles. The molecule has 0 saturated carbocycles. The molecular formula is C9H12BNO4. The molecule has 6 heteroatoms. The maximum atomic E-state index is 11.1. The summed E-state index contributed by atoms with van der Waals surface area (Å²) in [6, 6.07) is 6.31. The van der Waals surface area contributed by atoms with Crippen LogP contribution in [0.15, 0.2) is 24.3 Å². The van der Waals surface area contributed by atoms with Gasteiger partial charge in [0.2, 0.25) is 5.91 Å². The molecule has 0 spiro atoms. The van der Waals surface area contributed by atoms with Crippen LogP contribution in [-0.4, -0.2) is 36.8 Å². The van der Waals surface area contributed by atoms with Gasteiger partial charge in [-0.3, -0.25) is 4.79 Å². The lowest BCUT2D eigenvalue weighted by Gasteiger charge is -2.06. The molecule has 0 aromatic heterocycles. The number of anilines is 1. The summed E-state index contributed by atoms with van der Waals surface area (Å²) in [5.74, 6) is -0.290. The normalized spacial score (nSPS) is 9.80. The minimum Gasteiger partial charge on any atom is -0.423 e. The number of hydrogen-bond donors (Lipinski definition) is 3. The van der Waals surface area contributed by atoms with E-state index in [-0.39, 0.29) is 12.5 Å². The lowest BCUT2D eigenvalue weighted by molar-refractivity contribution is -0.119. The Kier molecular flexibility index (Phi) is 4.29. The van der Waals surface area contributed by atoms with Crippen LogP contribution in [0.1, 0.15) is 0 Å². The Morgan fingerprint density at radius 2 is 2.27 bits per heavy atom. The van der Waals surface area contributed by atoms with Gasteiger partial charge in [0.1, 0.15) is 6.61 Å². The highest BCUT2D eigenvalue weighted by Crippen LogP contribution is 2.03. The number of rotatable bonds is 4. The van der Waals surface area contributed by atoms with Crippen molar-refractivity contribution in [2.45, 2.75) is 0 Å². The Morgan fingerprint density at radius 3 is 2.87 bits per heavy atom. The number of hydrogen-bond acceptors (Lipinski definition) is 4. The Morgan fingerprint density at radius 1 is 1.53 bits per heavy atom. The Labute approximate surface area is 87.8 Å². The largest absolute Gasteiger partial charge is 0.488 e. The zero-order valence-corrected chi connectivity index (χ0v) is 8.30. The van der Waals surface area contributed by atoms with E-state index in [9.17, 15) is 4.79 Å². The fourth-order valence-electron chi connectivity index (χ4n) is 1.11. The van der Waals surface area contributed by atoms with Gasteiger partial charge < -0.3 is 20.1 Å². The van der Waals surface area contributed by atoms with Crippen LogP contribution in [0.3, 0.4) is 0 Å². The average Bonchev–Trinajstić information content (AvgIpc) is 2.18. The molecule has 3 N–H and O–H groups in total. The zero-order chi connectivity index (χ0) is 11.3. The van der Waals surface area contributed by atoms with Crippen LogP contribution in [0.4, 0.5) is 5.69 Å². The first-order valence-electron chi connectivity index (χ1n) is 4.38. The van der Waals surface area contributed by atoms with E-state index >= 15 is 0 Å². The highest BCUT2D eigenvalue weighted by molar-refractivity contribution is 6.58. The molecule has 0 aliphatic heterocycles. The fourth-order valence-corrected chi connectivity index (χ4v) is 1.11. The summed E-state index contributed by atoms with van der Waals surface area (Å²) in [4.78, 5) is 11.1. The molecule has 0 aliphatic rings. The molecule has 80 valence electrons. The maximum absolute atomic E-state index is 11.1. The minimum absolute atomic E-state index is 0.0358. The van der Waals surface area contributed by atoms with Crippen LogP contribution in [0.5, 0.6) is 0 Å². The second kappa shape index (κ2) is 5.50. The van der Waals surface area contributed by atoms with Crippen LogP contribution in [-0.2, 0) is 9.53 Å². The summed E-state index contributed by atoms with van der Waals surface area (Å²) in [6.07, 6.45) is 0. The molecular weight excluding hydrogens is 197 g/mol. The molecule has 15 heavy (non-hydrogen) atoms. The number of amides is 1. The van der Waals surface area contributed by atoms with Gasteiger partial charge in [0.25, 0.3) is 0 Å². The van der Waals surface area contributed by atoms with E-state index in [1.165, 1.54) is 13.2 Å². The van der Waals surface area contributed by atoms with Crippen molar-refractivity contribution in [1.29, 1.82) is 0 Å². The summed E-state index contributed by atoms with van der Waals surface area (Å²) in [5.41, 5.74) is 0.827. The highest BCUT2D eigenvalue weighted by atomic mass is 16.5. The third-order valence-electron chi connectivity index (χ3n) is 1.74. The van der Waals surface area contributed by atoms with E-state index in [4.69, 9.17) is 10.0 Å². The van der Waals surface area contributed by atoms with Gasteiger partial charge in [0.15, 0.2) is 0 Å². The first-order chi connectivity index (χ1) is 7.13. The van der Waals surface area contributed by atoms with Crippen molar-refractivity contribution in [3.8, 4) is 0 Å². The van der Waals surface area contributed by atoms with Gasteiger partial charge in [-0.2, -0.15) is 0 Å². The second-order valence-corrected chi connectivity index (χ2v) is 2.98. The zero-order valence-electron chi connectivity index (χ0n) is 8.30. The van der Waals surface area contributed by atoms with Crippen molar-refractivity contribution in [2.75, 3.05) is 19.0 Å². The monoisotopic (exact) mass is 209 g/mol. The number of carbonyl (C=O) groups is 1. The van der Waals surface area contributed by atoms with Crippen molar-refractivity contribution in [1.82, 2.24) is 0 Å². The van der Waals surface area contributed by atoms with E-state index in [1.807, 2.05) is 0 Å². The van der Waals surface area contributed by atoms with E-state index in [1.54, 1.807) is 18.2 Å². The van der Waals surface area contributed by atoms with E-state index in [2.05, 4.69) is 10.1 Å². The topological polar surface area (TPSA) is 78.8 Å². The van der Waals surface area contributed by atoms with E-state index in [0.717, 1.165) is 0 Å². The van der Waals surface area contributed by atoms with Gasteiger partial charge in [-0.1, -0.05) is 12.1 Å². The Bertz CT molecular complexity index is 343. The van der Waals surface area contributed by atoms with Crippen LogP contribution in [0.2, 0.25) is 0 Å². The molecule has 0 saturated heterocycles. The number of benzene rings is 1. The quantitative estimate of drug-likeness (QED) is 0.553. The summed E-state index contributed by atoms with van der Waals surface area (Å²) in [5, 5.41) is 20.4. The van der Waals surface area contributed by atoms with Crippen LogP contribution < -0.4 is 10.8 Å². The van der Waals surface area contributed by atoms with Crippen molar-refractivity contribution < 1.29 is 19.6 Å². The van der Waals surface area contributed by atoms with Gasteiger partial charge in [0.05, 0.1) is 0 Å². The predicted molar refractivity (Wildman–Crippen MR) is 56.8 cm³/mol. The lowest BCUT2D eigenvalue weighted by Crippen LogP contribution is -2.30. The highest BCUT2D eigenvalue weighted by Gasteiger charge is 2.11. The van der Waals surface area contributed by atoms with Gasteiger partial charge >= 0.3 is 7.12 Å². The molecule has 0 fully saturated rings. The van der Waals surface area contributed by atoms with Crippen LogP contribution >= 0.6 is 0 Å². The van der Waals surface area contributed by atoms with Crippen molar-refractivity contribution >= 4 is 24.2 Å². The molecule has 1 aromatic rings. The predicted octanol–water partition coefficient (Wildman–Crippen LogP) is -1.05. The number of ether oxygens (including phenoxy) is 1. The molecule has 0 atom stereocenters. The molecule has 0 aliphatic carbocycles. The van der Waals surface area contributed by atoms with E-state index in [0.29, 0.717) is 11.2 Å². The summed E-state index contributed by atoms with van der Waals surface area (Å²) >= 11 is 0. The van der Waals surface area contributed by atoms with Crippen LogP contribution in [0.25, 0.3) is 0 Å². The molecule has 0 heterocycles. The maximum Gasteiger partial charge on any atom is 0.488 e. The molecule has 1 amide bonds. The summed E-state index contributed by atoms with van der Waals surface area (Å²) in [6.45, 7) is -0.0358. The first kappa shape index (κ1) is 11.7. The fraction of sp³-hybridized carbons (Fsp3) is 0.222. The van der Waals surface area contributed by atoms with Crippen molar-refractivity contribution in [3.63, 3.8) is 0 Å². The van der Waals surface area contributed by atoms with Gasteiger partial charge in [-0.05, 0) is 17.6 Å². The lowest BCUT2D eigenvalue weighted by atomic mass is 9.80. The molecule has 0 bridgehead atoms. The number of nitrogens with one attached hydrogen (secondary N) is 1. The average molecular weight is 209 g/mol. The summed E-state index contributed by atoms with van der Waals surface area (Å²) < 4.78 is 4.64. The van der Waals surface area contributed by atoms with Gasteiger partial charge in [0, 0.05) is 12.8 Å². The van der Waals surface area contributed by atoms with Crippen molar-refractivity contribution in [2.24, 2.45) is 0 Å². The SMILES string of the molecule is COCC(=O)Nc1cccc(B(O)O)c1. The summed E-state index contributed by atoms with van der Waals surface area (Å²) in [7, 11) is -0.114. The van der Waals surface area contributed by atoms with Crippen molar-refractivity contribution in [3.05, 3.63) is 24.3 Å². The third kappa shape index (κ3) is 3.71. The molecule has 0 unspecified atom stereocenters. The molecule has 5 nitrogen and oxygen atoms in total. The standard InChI is InChI=1S/C9H12BNO4/c1-15-6-9(12)11-8-4-2-3-7(5-8)10(13)14/h2-5,13-14H,6H2,1H3,(H,11,12). The Hall–Kier alpha value is -1.37. The van der Waals surface area contributed by atoms with Gasteiger partial charge in [-0.15, -0.1) is 0 Å². The van der Waals surface area contributed by atoms with Gasteiger partial charge in [-0.25, -0.2) is 0 Å². The minimum atomic E-state index is -1.54. The molecule has 1 rings (SSSR count). The second-order valence-electron chi connectivity index (χ2n) is 2.98. The Balaban J connectivity index is 2.69. The number of carbonyl (C=O) groups excluding carboxylic acids is 1. The first-order valence-corrected chi connectivity index (χ1v) is 4.38. The third-order valence-corrected chi connectivity index (χ3v) is 1.74. The number of methoxy groups -OCH3 is 1. The van der Waals surface area contributed by atoms with E-state index < -0.39 is 7.12 Å². The molecule has 0 radical (unpaired) electrons. The van der Waals surface area contributed by atoms with Crippen LogP contribution in [0, 0.1) is 0 Å². The smallest absolute Gasteiger partial charge is 0.423 e.